The maximum atomic E-state index is 13.3. The van der Waals surface area contributed by atoms with Gasteiger partial charge in [-0.1, -0.05) is 34.6 Å². The number of ether oxygens (including phenoxy) is 5. The number of hydrogen-bond donors (Lipinski definition) is 2. The van der Waals surface area contributed by atoms with Crippen molar-refractivity contribution in [1.82, 2.24) is 4.90 Å². The van der Waals surface area contributed by atoms with Crippen molar-refractivity contribution in [1.29, 1.82) is 0 Å². The van der Waals surface area contributed by atoms with Gasteiger partial charge in [0.15, 0.2) is 12.4 Å². The second kappa shape index (κ2) is 11.6. The highest BCUT2D eigenvalue weighted by Gasteiger charge is 2.85. The van der Waals surface area contributed by atoms with Crippen LogP contribution in [0.4, 0.5) is 0 Å². The minimum Gasteiger partial charge on any atom is -0.456 e. The van der Waals surface area contributed by atoms with Gasteiger partial charge in [0, 0.05) is 24.8 Å². The molecule has 1 unspecified atom stereocenters. The number of esters is 1. The summed E-state index contributed by atoms with van der Waals surface area (Å²) in [6.07, 6.45) is 7.19. The van der Waals surface area contributed by atoms with E-state index in [1.54, 1.807) is 19.8 Å². The van der Waals surface area contributed by atoms with Gasteiger partial charge in [-0.3, -0.25) is 9.59 Å². The van der Waals surface area contributed by atoms with Gasteiger partial charge in [0.1, 0.15) is 12.2 Å². The summed E-state index contributed by atoms with van der Waals surface area (Å²) in [4.78, 5) is 27.3. The Morgan fingerprint density at radius 1 is 1.06 bits per heavy atom. The Morgan fingerprint density at radius 3 is 2.43 bits per heavy atom. The van der Waals surface area contributed by atoms with Crippen LogP contribution in [0.2, 0.25) is 0 Å². The average Bonchev–Trinajstić information content (AvgIpc) is 3.67. The Labute approximate surface area is 305 Å². The lowest BCUT2D eigenvalue weighted by atomic mass is 9.41. The van der Waals surface area contributed by atoms with Crippen LogP contribution in [0.1, 0.15) is 114 Å². The van der Waals surface area contributed by atoms with Gasteiger partial charge in [0.25, 0.3) is 0 Å². The molecule has 10 nitrogen and oxygen atoms in total. The molecule has 2 N–H and O–H groups in total. The second-order valence-electron chi connectivity index (χ2n) is 19.9. The second-order valence-corrected chi connectivity index (χ2v) is 19.9. The van der Waals surface area contributed by atoms with Crippen molar-refractivity contribution in [2.45, 2.75) is 144 Å². The molecule has 1 amide bonds. The van der Waals surface area contributed by atoms with Crippen LogP contribution in [0, 0.1) is 68.4 Å². The minimum atomic E-state index is -1.32. The summed E-state index contributed by atoms with van der Waals surface area (Å²) in [6.45, 7) is 20.9. The monoisotopic (exact) mass is 712 g/mol. The quantitative estimate of drug-likeness (QED) is 0.349. The number of fused-ring (bicyclic) bond motifs is 4. The third kappa shape index (κ3) is 4.94. The summed E-state index contributed by atoms with van der Waals surface area (Å²) in [5, 5.41) is 23.6. The van der Waals surface area contributed by atoms with Gasteiger partial charge in [-0.2, -0.15) is 0 Å². The van der Waals surface area contributed by atoms with Crippen LogP contribution in [0.15, 0.2) is 0 Å². The number of aliphatic hydroxyl groups excluding tert-OH is 1. The van der Waals surface area contributed by atoms with Crippen LogP contribution in [-0.2, 0) is 33.3 Å². The van der Waals surface area contributed by atoms with Crippen LogP contribution in [-0.4, -0.2) is 90.1 Å². The molecule has 10 heteroatoms. The molecule has 3 heterocycles. The van der Waals surface area contributed by atoms with Crippen LogP contribution < -0.4 is 0 Å². The highest BCUT2D eigenvalue weighted by atomic mass is 16.7. The van der Waals surface area contributed by atoms with Gasteiger partial charge in [-0.05, 0) is 112 Å². The maximum absolute atomic E-state index is 13.3. The molecule has 8 aliphatic rings. The number of morpholine rings is 1. The van der Waals surface area contributed by atoms with Gasteiger partial charge < -0.3 is 38.8 Å². The van der Waals surface area contributed by atoms with Gasteiger partial charge in [-0.15, -0.1) is 0 Å². The molecule has 11 atom stereocenters. The molecule has 0 aromatic rings. The SMILES string of the molecule is CC(=O)O[C@@H]([C]1C[C@@H](C)[C@H]2[C](O1)[C@H](O)[C@@]1(C)[C]3CC[C@H]4C(C)(C)C(O[C@H]5CN(C(=O)C6(C)COC6)CCO5)CC[C@@]45C[C@@]35CC[C@]21C)C(C)(C)O. The van der Waals surface area contributed by atoms with E-state index in [0.29, 0.717) is 57.5 Å². The highest BCUT2D eigenvalue weighted by molar-refractivity contribution is 5.83. The molecule has 0 aromatic heterocycles. The van der Waals surface area contributed by atoms with Crippen molar-refractivity contribution < 1.29 is 43.5 Å². The summed E-state index contributed by atoms with van der Waals surface area (Å²) in [6, 6.07) is 0. The number of amides is 1. The van der Waals surface area contributed by atoms with E-state index < -0.39 is 40.9 Å². The molecule has 51 heavy (non-hydrogen) atoms. The molecule has 285 valence electrons. The van der Waals surface area contributed by atoms with Crippen LogP contribution in [0.5, 0.6) is 0 Å². The van der Waals surface area contributed by atoms with E-state index in [1.807, 2.05) is 11.8 Å². The summed E-state index contributed by atoms with van der Waals surface area (Å²) >= 11 is 0. The zero-order chi connectivity index (χ0) is 36.7. The van der Waals surface area contributed by atoms with Crippen molar-refractivity contribution >= 4 is 11.9 Å². The zero-order valence-electron chi connectivity index (χ0n) is 32.4. The Bertz CT molecular complexity index is 1420. The number of rotatable bonds is 6. The Morgan fingerprint density at radius 2 is 1.78 bits per heavy atom. The van der Waals surface area contributed by atoms with E-state index in [9.17, 15) is 19.8 Å². The van der Waals surface area contributed by atoms with E-state index in [1.165, 1.54) is 13.3 Å². The Hall–Kier alpha value is -1.30. The van der Waals surface area contributed by atoms with Crippen molar-refractivity contribution in [3.05, 3.63) is 18.1 Å². The smallest absolute Gasteiger partial charge is 0.303 e. The Balaban J connectivity index is 1.01. The van der Waals surface area contributed by atoms with Crippen LogP contribution in [0.3, 0.4) is 0 Å². The molecule has 0 aromatic carbocycles. The van der Waals surface area contributed by atoms with E-state index in [2.05, 4.69) is 34.6 Å². The lowest BCUT2D eigenvalue weighted by Crippen LogP contribution is -2.60. The summed E-state index contributed by atoms with van der Waals surface area (Å²) < 4.78 is 30.7. The van der Waals surface area contributed by atoms with Gasteiger partial charge in [0.05, 0.1) is 49.6 Å². The molecular formula is C41H62NO9. The molecule has 3 radical (unpaired) electrons. The van der Waals surface area contributed by atoms with E-state index in [0.717, 1.165) is 38.5 Å². The fraction of sp³-hybridized carbons (Fsp3) is 0.878. The molecule has 5 aliphatic carbocycles. The van der Waals surface area contributed by atoms with Gasteiger partial charge >= 0.3 is 5.97 Å². The van der Waals surface area contributed by atoms with E-state index >= 15 is 0 Å². The highest BCUT2D eigenvalue weighted by Crippen LogP contribution is 2.90. The average molecular weight is 713 g/mol. The molecule has 5 saturated carbocycles. The third-order valence-electron chi connectivity index (χ3n) is 16.2. The first kappa shape index (κ1) is 36.7. The first-order valence-electron chi connectivity index (χ1n) is 19.7. The standard InChI is InChI=1S/C41H62NO9/c1-23-18-25(33(36(5,6)46)49-24(2)43)50-31-30(23)38(8)14-15-41-20-40(41)13-12-28(35(3,4)26(40)10-11-27(41)39(38,9)32(31)44)51-29-19-42(16-17-48-29)34(45)37(7)21-47-22-37/h23,26,28-30,32-33,44,46H,10-22H2,1-9H3/t23-,26+,28?,29+,30+,32+,33+,38-,39-,40-,41+/m1/s1. The lowest BCUT2D eigenvalue weighted by molar-refractivity contribution is -0.245. The zero-order valence-corrected chi connectivity index (χ0v) is 32.4. The first-order valence-corrected chi connectivity index (χ1v) is 19.7. The summed E-state index contributed by atoms with van der Waals surface area (Å²) in [5.41, 5.74) is -2.13. The molecule has 0 bridgehead atoms. The molecule has 8 rings (SSSR count). The van der Waals surface area contributed by atoms with Gasteiger partial charge in [-0.25, -0.2) is 0 Å². The number of carbonyl (C=O) groups is 2. The number of nitrogens with zero attached hydrogens (tertiary/aromatic N) is 1. The predicted molar refractivity (Wildman–Crippen MR) is 187 cm³/mol. The molecule has 3 aliphatic heterocycles. The third-order valence-corrected chi connectivity index (χ3v) is 16.2. The molecule has 2 spiro atoms. The molecule has 8 fully saturated rings. The Kier molecular flexibility index (Phi) is 8.35. The molecular weight excluding hydrogens is 650 g/mol. The van der Waals surface area contributed by atoms with Gasteiger partial charge in [0.2, 0.25) is 5.91 Å². The lowest BCUT2D eigenvalue weighted by Gasteiger charge is -2.63. The van der Waals surface area contributed by atoms with Crippen molar-refractivity contribution in [2.75, 3.05) is 32.9 Å². The normalized spacial score (nSPS) is 46.8. The number of carbonyl (C=O) groups excluding carboxylic acids is 2. The topological polar surface area (TPSA) is 124 Å². The summed E-state index contributed by atoms with van der Waals surface area (Å²) in [5.74, 6) is 1.95. The maximum Gasteiger partial charge on any atom is 0.303 e. The fourth-order valence-electron chi connectivity index (χ4n) is 13.6. The van der Waals surface area contributed by atoms with Crippen LogP contribution in [0.25, 0.3) is 0 Å². The van der Waals surface area contributed by atoms with Crippen molar-refractivity contribution in [3.63, 3.8) is 0 Å². The fourth-order valence-corrected chi connectivity index (χ4v) is 13.6. The van der Waals surface area contributed by atoms with E-state index in [4.69, 9.17) is 23.7 Å². The minimum absolute atomic E-state index is 0.0408. The summed E-state index contributed by atoms with van der Waals surface area (Å²) in [7, 11) is 0. The van der Waals surface area contributed by atoms with Crippen molar-refractivity contribution in [2.24, 2.45) is 50.2 Å². The molecule has 3 saturated heterocycles. The first-order chi connectivity index (χ1) is 23.8. The number of hydrogen-bond acceptors (Lipinski definition) is 9. The number of aliphatic hydroxyl groups is 2. The largest absolute Gasteiger partial charge is 0.456 e. The van der Waals surface area contributed by atoms with Crippen molar-refractivity contribution in [3.8, 4) is 0 Å². The van der Waals surface area contributed by atoms with Crippen LogP contribution >= 0.6 is 0 Å². The predicted octanol–water partition coefficient (Wildman–Crippen LogP) is 5.39. The van der Waals surface area contributed by atoms with E-state index in [-0.39, 0.29) is 45.5 Å².